The Morgan fingerprint density at radius 1 is 1.23 bits per heavy atom. The molecule has 0 aromatic heterocycles. The van der Waals surface area contributed by atoms with Crippen LogP contribution in [0.5, 0.6) is 11.5 Å². The number of halogens is 2. The summed E-state index contributed by atoms with van der Waals surface area (Å²) in [5.41, 5.74) is 1.14. The fourth-order valence-corrected chi connectivity index (χ4v) is 2.41. The van der Waals surface area contributed by atoms with Crippen molar-refractivity contribution in [2.75, 3.05) is 12.4 Å². The molecule has 0 aliphatic carbocycles. The van der Waals surface area contributed by atoms with Crippen molar-refractivity contribution < 1.29 is 19.7 Å². The molecule has 0 unspecified atom stereocenters. The summed E-state index contributed by atoms with van der Waals surface area (Å²) in [6.07, 6.45) is 0. The predicted octanol–water partition coefficient (Wildman–Crippen LogP) is 3.80. The zero-order valence-electron chi connectivity index (χ0n) is 11.6. The second kappa shape index (κ2) is 6.77. The zero-order chi connectivity index (χ0) is 16.3. The van der Waals surface area contributed by atoms with E-state index in [1.165, 1.54) is 25.3 Å². The van der Waals surface area contributed by atoms with Crippen LogP contribution in [0.1, 0.15) is 15.9 Å². The predicted molar refractivity (Wildman–Crippen MR) is 84.9 cm³/mol. The van der Waals surface area contributed by atoms with Crippen molar-refractivity contribution in [3.05, 3.63) is 51.5 Å². The second-order valence-electron chi connectivity index (χ2n) is 4.47. The molecule has 116 valence electrons. The van der Waals surface area contributed by atoms with Gasteiger partial charge >= 0.3 is 5.97 Å². The van der Waals surface area contributed by atoms with Crippen molar-refractivity contribution in [3.8, 4) is 11.5 Å². The smallest absolute Gasteiger partial charge is 0.341 e. The monoisotopic (exact) mass is 341 g/mol. The first-order valence-corrected chi connectivity index (χ1v) is 7.00. The first-order valence-electron chi connectivity index (χ1n) is 6.24. The van der Waals surface area contributed by atoms with E-state index in [-0.39, 0.29) is 28.6 Å². The van der Waals surface area contributed by atoms with Crippen LogP contribution in [-0.2, 0) is 11.3 Å². The summed E-state index contributed by atoms with van der Waals surface area (Å²) < 4.78 is 4.55. The van der Waals surface area contributed by atoms with E-state index < -0.39 is 5.97 Å². The zero-order valence-corrected chi connectivity index (χ0v) is 13.1. The summed E-state index contributed by atoms with van der Waals surface area (Å²) in [6, 6.07) is 7.45. The van der Waals surface area contributed by atoms with Crippen molar-refractivity contribution in [2.45, 2.75) is 6.54 Å². The van der Waals surface area contributed by atoms with Crippen molar-refractivity contribution in [1.29, 1.82) is 0 Å². The van der Waals surface area contributed by atoms with Crippen LogP contribution in [-0.4, -0.2) is 23.3 Å². The minimum atomic E-state index is -0.622. The quantitative estimate of drug-likeness (QED) is 0.737. The number of methoxy groups -OCH3 is 1. The third-order valence-electron chi connectivity index (χ3n) is 2.99. The topological polar surface area (TPSA) is 78.8 Å². The van der Waals surface area contributed by atoms with E-state index in [0.29, 0.717) is 16.3 Å². The van der Waals surface area contributed by atoms with E-state index in [4.69, 9.17) is 23.2 Å². The molecular weight excluding hydrogens is 329 g/mol. The summed E-state index contributed by atoms with van der Waals surface area (Å²) in [5.74, 6) is -0.887. The molecule has 0 saturated heterocycles. The molecule has 0 saturated carbocycles. The number of phenols is 2. The Hall–Kier alpha value is -2.11. The van der Waals surface area contributed by atoms with Crippen LogP contribution in [0.2, 0.25) is 10.0 Å². The molecule has 7 heteroatoms. The van der Waals surface area contributed by atoms with Gasteiger partial charge in [-0.1, -0.05) is 23.2 Å². The van der Waals surface area contributed by atoms with E-state index in [1.54, 1.807) is 12.1 Å². The molecule has 0 bridgehead atoms. The largest absolute Gasteiger partial charge is 0.507 e. The van der Waals surface area contributed by atoms with Gasteiger partial charge in [0.1, 0.15) is 17.1 Å². The van der Waals surface area contributed by atoms with Crippen LogP contribution in [0.15, 0.2) is 30.3 Å². The molecule has 2 aromatic rings. The standard InChI is InChI=1S/C15H13Cl2NO4/c1-22-15(21)11-3-2-10(6-13(11)19)18-7-8-4-9(16)5-12(17)14(8)20/h2-6,18-20H,7H2,1H3. The molecule has 5 nitrogen and oxygen atoms in total. The molecular formula is C15H13Cl2NO4. The van der Waals surface area contributed by atoms with Crippen molar-refractivity contribution in [1.82, 2.24) is 0 Å². The maximum absolute atomic E-state index is 11.4. The lowest BCUT2D eigenvalue weighted by molar-refractivity contribution is 0.0597. The summed E-state index contributed by atoms with van der Waals surface area (Å²) in [4.78, 5) is 11.4. The molecule has 0 heterocycles. The Morgan fingerprint density at radius 2 is 1.95 bits per heavy atom. The summed E-state index contributed by atoms with van der Waals surface area (Å²) in [7, 11) is 1.24. The summed E-state index contributed by atoms with van der Waals surface area (Å²) >= 11 is 11.7. The van der Waals surface area contributed by atoms with Gasteiger partial charge in [0.15, 0.2) is 0 Å². The lowest BCUT2D eigenvalue weighted by Crippen LogP contribution is -2.03. The van der Waals surface area contributed by atoms with Gasteiger partial charge in [-0.3, -0.25) is 0 Å². The molecule has 0 aliphatic rings. The van der Waals surface area contributed by atoms with Crippen LogP contribution in [0.4, 0.5) is 5.69 Å². The van der Waals surface area contributed by atoms with Crippen LogP contribution in [0.3, 0.4) is 0 Å². The number of aromatic hydroxyl groups is 2. The normalized spacial score (nSPS) is 10.3. The Bertz CT molecular complexity index is 719. The Balaban J connectivity index is 2.16. The van der Waals surface area contributed by atoms with Crippen molar-refractivity contribution in [3.63, 3.8) is 0 Å². The van der Waals surface area contributed by atoms with Gasteiger partial charge in [-0.15, -0.1) is 0 Å². The molecule has 0 fully saturated rings. The first kappa shape index (κ1) is 16.3. The molecule has 2 rings (SSSR count). The number of carbonyl (C=O) groups excluding carboxylic acids is 1. The number of rotatable bonds is 4. The number of carbonyl (C=O) groups is 1. The summed E-state index contributed by atoms with van der Waals surface area (Å²) in [5, 5.41) is 23.2. The number of hydrogen-bond donors (Lipinski definition) is 3. The van der Waals surface area contributed by atoms with Gasteiger partial charge in [-0.2, -0.15) is 0 Å². The van der Waals surface area contributed by atoms with Gasteiger partial charge in [0, 0.05) is 28.9 Å². The van der Waals surface area contributed by atoms with E-state index in [2.05, 4.69) is 10.1 Å². The number of esters is 1. The van der Waals surface area contributed by atoms with Crippen molar-refractivity contribution >= 4 is 34.9 Å². The fraction of sp³-hybridized carbons (Fsp3) is 0.133. The minimum Gasteiger partial charge on any atom is -0.507 e. The van der Waals surface area contributed by atoms with Gasteiger partial charge < -0.3 is 20.3 Å². The molecule has 2 aromatic carbocycles. The lowest BCUT2D eigenvalue weighted by atomic mass is 10.1. The average molecular weight is 342 g/mol. The number of anilines is 1. The molecule has 0 amide bonds. The Morgan fingerprint density at radius 3 is 2.59 bits per heavy atom. The van der Waals surface area contributed by atoms with Gasteiger partial charge in [0.05, 0.1) is 12.1 Å². The second-order valence-corrected chi connectivity index (χ2v) is 5.32. The highest BCUT2D eigenvalue weighted by atomic mass is 35.5. The van der Waals surface area contributed by atoms with Crippen molar-refractivity contribution in [2.24, 2.45) is 0 Å². The molecule has 0 radical (unpaired) electrons. The maximum Gasteiger partial charge on any atom is 0.341 e. The Labute approximate surface area is 137 Å². The van der Waals surface area contributed by atoms with E-state index in [9.17, 15) is 15.0 Å². The molecule has 22 heavy (non-hydrogen) atoms. The minimum absolute atomic E-state index is 0.0611. The fourth-order valence-electron chi connectivity index (χ4n) is 1.88. The molecule has 0 spiro atoms. The Kier molecular flexibility index (Phi) is 5.00. The summed E-state index contributed by atoms with van der Waals surface area (Å²) in [6.45, 7) is 0.239. The van der Waals surface area contributed by atoms with Gasteiger partial charge in [-0.25, -0.2) is 4.79 Å². The van der Waals surface area contributed by atoms with Crippen LogP contribution in [0.25, 0.3) is 0 Å². The highest BCUT2D eigenvalue weighted by Crippen LogP contribution is 2.32. The third kappa shape index (κ3) is 3.55. The van der Waals surface area contributed by atoms with Gasteiger partial charge in [0.2, 0.25) is 0 Å². The first-order chi connectivity index (χ1) is 10.4. The van der Waals surface area contributed by atoms with Crippen LogP contribution < -0.4 is 5.32 Å². The highest BCUT2D eigenvalue weighted by molar-refractivity contribution is 6.35. The third-order valence-corrected chi connectivity index (χ3v) is 3.50. The molecule has 3 N–H and O–H groups in total. The van der Waals surface area contributed by atoms with E-state index >= 15 is 0 Å². The lowest BCUT2D eigenvalue weighted by Gasteiger charge is -2.11. The number of hydrogen-bond acceptors (Lipinski definition) is 5. The SMILES string of the molecule is COC(=O)c1ccc(NCc2cc(Cl)cc(Cl)c2O)cc1O. The maximum atomic E-state index is 11.4. The van der Waals surface area contributed by atoms with Gasteiger partial charge in [-0.05, 0) is 24.3 Å². The number of ether oxygens (including phenoxy) is 1. The van der Waals surface area contributed by atoms with E-state index in [0.717, 1.165) is 0 Å². The number of phenolic OH excluding ortho intramolecular Hbond substituents is 2. The molecule has 0 aliphatic heterocycles. The highest BCUT2D eigenvalue weighted by Gasteiger charge is 2.12. The van der Waals surface area contributed by atoms with E-state index in [1.807, 2.05) is 0 Å². The van der Waals surface area contributed by atoms with Crippen LogP contribution >= 0.6 is 23.2 Å². The number of benzene rings is 2. The molecule has 0 atom stereocenters. The van der Waals surface area contributed by atoms with Gasteiger partial charge in [0.25, 0.3) is 0 Å². The van der Waals surface area contributed by atoms with Crippen LogP contribution in [0, 0.1) is 0 Å². The average Bonchev–Trinajstić information content (AvgIpc) is 2.48. The number of nitrogens with one attached hydrogen (secondary N) is 1.